The van der Waals surface area contributed by atoms with Gasteiger partial charge in [-0.15, -0.1) is 0 Å². The number of hydrogen-bond acceptors (Lipinski definition) is 4. The highest BCUT2D eigenvalue weighted by molar-refractivity contribution is 7.89. The minimum absolute atomic E-state index is 0.00388. The van der Waals surface area contributed by atoms with Gasteiger partial charge in [-0.3, -0.25) is 0 Å². The van der Waals surface area contributed by atoms with Crippen molar-refractivity contribution in [2.24, 2.45) is 11.8 Å². The Morgan fingerprint density at radius 3 is 2.68 bits per heavy atom. The molecule has 3 N–H and O–H groups in total. The van der Waals surface area contributed by atoms with Crippen LogP contribution in [0.5, 0.6) is 0 Å². The van der Waals surface area contributed by atoms with Crippen LogP contribution in [0.2, 0.25) is 0 Å². The van der Waals surface area contributed by atoms with Crippen LogP contribution in [0.3, 0.4) is 0 Å². The van der Waals surface area contributed by atoms with Crippen LogP contribution >= 0.6 is 0 Å². The zero-order chi connectivity index (χ0) is 14.0. The summed E-state index contributed by atoms with van der Waals surface area (Å²) in [5, 5.41) is 0. The van der Waals surface area contributed by atoms with E-state index in [-0.39, 0.29) is 16.8 Å². The minimum atomic E-state index is -3.57. The summed E-state index contributed by atoms with van der Waals surface area (Å²) >= 11 is 0. The Hall–Kier alpha value is -1.14. The van der Waals surface area contributed by atoms with Crippen molar-refractivity contribution in [3.05, 3.63) is 18.3 Å². The maximum atomic E-state index is 12.3. The van der Waals surface area contributed by atoms with Gasteiger partial charge in [0.15, 0.2) is 0 Å². The maximum Gasteiger partial charge on any atom is 0.244 e. The third-order valence-corrected chi connectivity index (χ3v) is 5.58. The summed E-state index contributed by atoms with van der Waals surface area (Å²) in [6.45, 7) is 4.39. The average molecular weight is 283 g/mol. The van der Waals surface area contributed by atoms with Gasteiger partial charge < -0.3 is 5.73 Å². The van der Waals surface area contributed by atoms with Gasteiger partial charge in [0.2, 0.25) is 10.0 Å². The fourth-order valence-electron chi connectivity index (χ4n) is 2.57. The average Bonchev–Trinajstić information content (AvgIpc) is 2.34. The molecule has 1 saturated carbocycles. The molecule has 1 heterocycles. The Morgan fingerprint density at radius 1 is 1.32 bits per heavy atom. The van der Waals surface area contributed by atoms with Crippen molar-refractivity contribution in [3.8, 4) is 0 Å². The van der Waals surface area contributed by atoms with Gasteiger partial charge in [0.05, 0.1) is 0 Å². The molecular weight excluding hydrogens is 262 g/mol. The number of aromatic nitrogens is 1. The number of anilines is 1. The first kappa shape index (κ1) is 14.3. The maximum absolute atomic E-state index is 12.3. The number of rotatable bonds is 3. The molecule has 0 spiro atoms. The SMILES string of the molecule is CC1CCC(NS(=O)(=O)c2cccnc2N)CC1C. The zero-order valence-electron chi connectivity index (χ0n) is 11.3. The molecule has 0 aromatic carbocycles. The molecular formula is C13H21N3O2S. The van der Waals surface area contributed by atoms with Crippen molar-refractivity contribution in [3.63, 3.8) is 0 Å². The molecule has 0 aliphatic heterocycles. The summed E-state index contributed by atoms with van der Waals surface area (Å²) in [6, 6.07) is 3.06. The third kappa shape index (κ3) is 3.25. The van der Waals surface area contributed by atoms with Gasteiger partial charge in [-0.2, -0.15) is 0 Å². The summed E-state index contributed by atoms with van der Waals surface area (Å²) in [6.07, 6.45) is 4.29. The summed E-state index contributed by atoms with van der Waals surface area (Å²) < 4.78 is 27.3. The third-order valence-electron chi connectivity index (χ3n) is 4.01. The first-order chi connectivity index (χ1) is 8.90. The lowest BCUT2D eigenvalue weighted by atomic mass is 9.79. The van der Waals surface area contributed by atoms with E-state index in [1.54, 1.807) is 6.07 Å². The second-order valence-electron chi connectivity index (χ2n) is 5.47. The number of sulfonamides is 1. The molecule has 2 rings (SSSR count). The normalized spacial score (nSPS) is 28.2. The molecule has 1 aliphatic carbocycles. The standard InChI is InChI=1S/C13H21N3O2S/c1-9-5-6-11(8-10(9)2)16-19(17,18)12-4-3-7-15-13(12)14/h3-4,7,9-11,16H,5-6,8H2,1-2H3,(H2,14,15). The van der Waals surface area contributed by atoms with Crippen LogP contribution in [-0.2, 0) is 10.0 Å². The summed E-state index contributed by atoms with van der Waals surface area (Å²) in [5.74, 6) is 1.24. The molecule has 0 bridgehead atoms. The van der Waals surface area contributed by atoms with Gasteiger partial charge in [0, 0.05) is 12.2 Å². The van der Waals surface area contributed by atoms with E-state index < -0.39 is 10.0 Å². The molecule has 0 saturated heterocycles. The second kappa shape index (κ2) is 5.46. The highest BCUT2D eigenvalue weighted by Gasteiger charge is 2.29. The highest BCUT2D eigenvalue weighted by Crippen LogP contribution is 2.30. The van der Waals surface area contributed by atoms with Crippen molar-refractivity contribution >= 4 is 15.8 Å². The molecule has 1 fully saturated rings. The van der Waals surface area contributed by atoms with Gasteiger partial charge >= 0.3 is 0 Å². The van der Waals surface area contributed by atoms with Crippen LogP contribution in [0, 0.1) is 11.8 Å². The van der Waals surface area contributed by atoms with Gasteiger partial charge in [0.25, 0.3) is 0 Å². The lowest BCUT2D eigenvalue weighted by molar-refractivity contribution is 0.242. The lowest BCUT2D eigenvalue weighted by Gasteiger charge is -2.32. The largest absolute Gasteiger partial charge is 0.383 e. The van der Waals surface area contributed by atoms with E-state index in [4.69, 9.17) is 5.73 Å². The molecule has 19 heavy (non-hydrogen) atoms. The highest BCUT2D eigenvalue weighted by atomic mass is 32.2. The molecule has 0 amide bonds. The molecule has 0 radical (unpaired) electrons. The molecule has 5 nitrogen and oxygen atoms in total. The van der Waals surface area contributed by atoms with E-state index >= 15 is 0 Å². The van der Waals surface area contributed by atoms with Crippen molar-refractivity contribution < 1.29 is 8.42 Å². The van der Waals surface area contributed by atoms with Crippen molar-refractivity contribution in [1.82, 2.24) is 9.71 Å². The monoisotopic (exact) mass is 283 g/mol. The van der Waals surface area contributed by atoms with Gasteiger partial charge in [-0.1, -0.05) is 13.8 Å². The molecule has 3 atom stereocenters. The molecule has 1 aliphatic rings. The lowest BCUT2D eigenvalue weighted by Crippen LogP contribution is -2.40. The van der Waals surface area contributed by atoms with E-state index in [0.717, 1.165) is 19.3 Å². The number of nitrogen functional groups attached to an aromatic ring is 1. The summed E-state index contributed by atoms with van der Waals surface area (Å²) in [5.41, 5.74) is 5.63. The summed E-state index contributed by atoms with van der Waals surface area (Å²) in [4.78, 5) is 3.89. The predicted octanol–water partition coefficient (Wildman–Crippen LogP) is 1.77. The van der Waals surface area contributed by atoms with Crippen LogP contribution in [-0.4, -0.2) is 19.4 Å². The molecule has 1 aromatic heterocycles. The Balaban J connectivity index is 2.12. The fourth-order valence-corrected chi connectivity index (χ4v) is 3.93. The van der Waals surface area contributed by atoms with Crippen LogP contribution < -0.4 is 10.5 Å². The predicted molar refractivity (Wildman–Crippen MR) is 74.9 cm³/mol. The van der Waals surface area contributed by atoms with Gasteiger partial charge in [-0.25, -0.2) is 18.1 Å². The van der Waals surface area contributed by atoms with Crippen molar-refractivity contribution in [1.29, 1.82) is 0 Å². The first-order valence-electron chi connectivity index (χ1n) is 6.63. The molecule has 106 valence electrons. The number of pyridine rings is 1. The molecule has 1 aromatic rings. The van der Waals surface area contributed by atoms with E-state index in [1.165, 1.54) is 12.3 Å². The Morgan fingerprint density at radius 2 is 2.05 bits per heavy atom. The Bertz CT molecular complexity index is 545. The number of nitrogens with two attached hydrogens (primary N) is 1. The first-order valence-corrected chi connectivity index (χ1v) is 8.11. The smallest absolute Gasteiger partial charge is 0.244 e. The zero-order valence-corrected chi connectivity index (χ0v) is 12.2. The second-order valence-corrected chi connectivity index (χ2v) is 7.16. The Labute approximate surface area is 114 Å². The summed E-state index contributed by atoms with van der Waals surface area (Å²) in [7, 11) is -3.57. The van der Waals surface area contributed by atoms with Crippen LogP contribution in [0.1, 0.15) is 33.1 Å². The molecule has 6 heteroatoms. The van der Waals surface area contributed by atoms with Crippen LogP contribution in [0.25, 0.3) is 0 Å². The number of hydrogen-bond donors (Lipinski definition) is 2. The van der Waals surface area contributed by atoms with Gasteiger partial charge in [0.1, 0.15) is 10.7 Å². The van der Waals surface area contributed by atoms with E-state index in [0.29, 0.717) is 11.8 Å². The van der Waals surface area contributed by atoms with Crippen LogP contribution in [0.4, 0.5) is 5.82 Å². The number of nitrogens with zero attached hydrogens (tertiary/aromatic N) is 1. The van der Waals surface area contributed by atoms with Crippen molar-refractivity contribution in [2.45, 2.75) is 44.0 Å². The molecule has 3 unspecified atom stereocenters. The van der Waals surface area contributed by atoms with E-state index in [9.17, 15) is 8.42 Å². The number of nitrogens with one attached hydrogen (secondary N) is 1. The fraction of sp³-hybridized carbons (Fsp3) is 0.615. The van der Waals surface area contributed by atoms with E-state index in [2.05, 4.69) is 23.6 Å². The Kier molecular flexibility index (Phi) is 4.10. The van der Waals surface area contributed by atoms with Crippen molar-refractivity contribution in [2.75, 3.05) is 5.73 Å². The van der Waals surface area contributed by atoms with Gasteiger partial charge in [-0.05, 0) is 43.2 Å². The van der Waals surface area contributed by atoms with E-state index in [1.807, 2.05) is 0 Å². The quantitative estimate of drug-likeness (QED) is 0.885. The minimum Gasteiger partial charge on any atom is -0.383 e. The topological polar surface area (TPSA) is 85.1 Å². The van der Waals surface area contributed by atoms with Crippen LogP contribution in [0.15, 0.2) is 23.2 Å².